The molecule has 2 rings (SSSR count). The van der Waals surface area contributed by atoms with Gasteiger partial charge in [-0.25, -0.2) is 0 Å². The van der Waals surface area contributed by atoms with E-state index in [2.05, 4.69) is 6.92 Å². The van der Waals surface area contributed by atoms with Crippen LogP contribution in [0.5, 0.6) is 5.75 Å². The third kappa shape index (κ3) is 10.2. The largest absolute Gasteiger partial charge is 0.368 e. The van der Waals surface area contributed by atoms with Crippen LogP contribution in [0, 0.1) is 0 Å². The monoisotopic (exact) mass is 448 g/mol. The molecule has 31 heavy (non-hydrogen) atoms. The van der Waals surface area contributed by atoms with Crippen LogP contribution >= 0.6 is 7.60 Å². The fraction of sp³-hybridized carbons (Fsp3) is 0.615. The second-order valence-corrected chi connectivity index (χ2v) is 10.5. The third-order valence-electron chi connectivity index (χ3n) is 5.66. The molecule has 0 aliphatic rings. The highest BCUT2D eigenvalue weighted by Gasteiger charge is 2.24. The van der Waals surface area contributed by atoms with Crippen LogP contribution in [0.25, 0.3) is 10.8 Å². The van der Waals surface area contributed by atoms with Crippen LogP contribution < -0.4 is 4.89 Å². The molecule has 0 aromatic heterocycles. The van der Waals surface area contributed by atoms with Gasteiger partial charge in [-0.05, 0) is 17.9 Å². The van der Waals surface area contributed by atoms with Gasteiger partial charge in [-0.1, -0.05) is 126 Å². The normalized spacial score (nSPS) is 13.4. The van der Waals surface area contributed by atoms with E-state index in [4.69, 9.17) is 14.1 Å². The van der Waals surface area contributed by atoms with Crippen molar-refractivity contribution in [2.24, 2.45) is 0 Å². The predicted molar refractivity (Wildman–Crippen MR) is 131 cm³/mol. The van der Waals surface area contributed by atoms with Crippen LogP contribution in [0.1, 0.15) is 90.9 Å². The van der Waals surface area contributed by atoms with E-state index in [9.17, 15) is 4.57 Å². The molecule has 1 unspecified atom stereocenters. The Morgan fingerprint density at radius 2 is 1.29 bits per heavy atom. The van der Waals surface area contributed by atoms with Crippen LogP contribution in [-0.4, -0.2) is 12.8 Å². The number of hydrogen-bond acceptors (Lipinski definition) is 4. The Kier molecular flexibility index (Phi) is 12.9. The summed E-state index contributed by atoms with van der Waals surface area (Å²) in [6, 6.07) is 13.6. The minimum Gasteiger partial charge on any atom is -0.328 e. The lowest BCUT2D eigenvalue weighted by Crippen LogP contribution is -2.03. The van der Waals surface area contributed by atoms with E-state index in [0.717, 1.165) is 23.6 Å². The van der Waals surface area contributed by atoms with Crippen molar-refractivity contribution in [1.29, 1.82) is 0 Å². The Labute approximate surface area is 189 Å². The van der Waals surface area contributed by atoms with Crippen molar-refractivity contribution in [2.45, 2.75) is 90.9 Å². The molecule has 0 aliphatic carbocycles. The third-order valence-corrected chi connectivity index (χ3v) is 7.32. The average molecular weight is 449 g/mol. The molecule has 1 atom stereocenters. The molecule has 0 N–H and O–H groups in total. The van der Waals surface area contributed by atoms with Crippen LogP contribution in [0.2, 0.25) is 0 Å². The summed E-state index contributed by atoms with van der Waals surface area (Å²) in [5.74, 6) is 0.556. The Hall–Kier alpha value is -1.35. The lowest BCUT2D eigenvalue weighted by molar-refractivity contribution is -0.111. The molecule has 0 fully saturated rings. The van der Waals surface area contributed by atoms with Gasteiger partial charge < -0.3 is 9.41 Å². The maximum atomic E-state index is 12.8. The Morgan fingerprint density at radius 3 is 1.94 bits per heavy atom. The summed E-state index contributed by atoms with van der Waals surface area (Å²) >= 11 is 0. The van der Waals surface area contributed by atoms with E-state index in [0.29, 0.717) is 12.4 Å². The molecule has 0 saturated carbocycles. The molecule has 0 bridgehead atoms. The predicted octanol–water partition coefficient (Wildman–Crippen LogP) is 9.08. The van der Waals surface area contributed by atoms with Crippen molar-refractivity contribution in [3.05, 3.63) is 42.5 Å². The molecule has 2 aromatic carbocycles. The molecule has 5 heteroatoms. The van der Waals surface area contributed by atoms with Crippen LogP contribution in [0.15, 0.2) is 42.5 Å². The highest BCUT2D eigenvalue weighted by atomic mass is 31.2. The Balaban J connectivity index is 1.56. The van der Waals surface area contributed by atoms with E-state index in [1.807, 2.05) is 42.5 Å². The van der Waals surface area contributed by atoms with E-state index in [-0.39, 0.29) is 6.16 Å². The van der Waals surface area contributed by atoms with Crippen LogP contribution in [0.3, 0.4) is 0 Å². The molecule has 0 spiro atoms. The Morgan fingerprint density at radius 1 is 0.710 bits per heavy atom. The highest BCUT2D eigenvalue weighted by molar-refractivity contribution is 7.53. The first kappa shape index (κ1) is 25.9. The zero-order valence-electron chi connectivity index (χ0n) is 19.5. The summed E-state index contributed by atoms with van der Waals surface area (Å²) in [5, 5.41) is 1.97. The van der Waals surface area contributed by atoms with Crippen LogP contribution in [0.4, 0.5) is 0 Å². The fourth-order valence-electron chi connectivity index (χ4n) is 3.68. The topological polar surface area (TPSA) is 44.8 Å². The zero-order chi connectivity index (χ0) is 22.2. The van der Waals surface area contributed by atoms with Crippen molar-refractivity contribution in [3.63, 3.8) is 0 Å². The van der Waals surface area contributed by atoms with Crippen LogP contribution in [-0.2, 0) is 13.8 Å². The standard InChI is InChI=1S/C26H41O4P/c1-3-5-6-7-8-9-10-11-12-13-14-17-23-28-31(27,4-2)30-29-26-22-18-20-24-19-15-16-21-25(24)26/h15-16,18-22H,3-14,17,23H2,1-2H3. The maximum absolute atomic E-state index is 12.8. The van der Waals surface area contributed by atoms with Gasteiger partial charge in [-0.2, -0.15) is 0 Å². The number of hydrogen-bond donors (Lipinski definition) is 0. The molecule has 0 heterocycles. The minimum absolute atomic E-state index is 0.288. The van der Waals surface area contributed by atoms with Crippen molar-refractivity contribution in [2.75, 3.05) is 12.8 Å². The zero-order valence-corrected chi connectivity index (χ0v) is 20.4. The summed E-state index contributed by atoms with van der Waals surface area (Å²) < 4.78 is 23.7. The van der Waals surface area contributed by atoms with E-state index in [1.165, 1.54) is 64.2 Å². The second kappa shape index (κ2) is 15.5. The average Bonchev–Trinajstić information content (AvgIpc) is 2.80. The van der Waals surface area contributed by atoms with Gasteiger partial charge in [0.05, 0.1) is 12.8 Å². The SMILES string of the molecule is CCCCCCCCCCCCCCOP(=O)(CC)OOc1cccc2ccccc12. The van der Waals surface area contributed by atoms with Crippen molar-refractivity contribution < 1.29 is 18.7 Å². The van der Waals surface area contributed by atoms with Crippen molar-refractivity contribution in [3.8, 4) is 5.75 Å². The molecular weight excluding hydrogens is 407 g/mol. The summed E-state index contributed by atoms with van der Waals surface area (Å²) in [6.07, 6.45) is 15.7. The highest BCUT2D eigenvalue weighted by Crippen LogP contribution is 2.48. The lowest BCUT2D eigenvalue weighted by Gasteiger charge is -2.16. The molecule has 4 nitrogen and oxygen atoms in total. The first-order valence-electron chi connectivity index (χ1n) is 12.3. The van der Waals surface area contributed by atoms with Gasteiger partial charge >= 0.3 is 7.60 Å². The number of unbranched alkanes of at least 4 members (excludes halogenated alkanes) is 11. The maximum Gasteiger partial charge on any atom is 0.368 e. The lowest BCUT2D eigenvalue weighted by atomic mass is 10.1. The second-order valence-electron chi connectivity index (χ2n) is 8.28. The van der Waals surface area contributed by atoms with Gasteiger partial charge in [0, 0.05) is 5.39 Å². The quantitative estimate of drug-likeness (QED) is 0.0987. The summed E-state index contributed by atoms with van der Waals surface area (Å²) in [5.41, 5.74) is 0. The van der Waals surface area contributed by atoms with E-state index < -0.39 is 7.60 Å². The number of benzene rings is 2. The summed E-state index contributed by atoms with van der Waals surface area (Å²) in [4.78, 5) is 5.45. The number of fused-ring (bicyclic) bond motifs is 1. The minimum atomic E-state index is -3.25. The number of rotatable bonds is 18. The fourth-order valence-corrected chi connectivity index (χ4v) is 4.61. The molecule has 0 radical (unpaired) electrons. The molecule has 0 aliphatic heterocycles. The first-order chi connectivity index (χ1) is 15.2. The molecule has 174 valence electrons. The van der Waals surface area contributed by atoms with E-state index in [1.54, 1.807) is 6.92 Å². The molecular formula is C26H41O4P. The van der Waals surface area contributed by atoms with E-state index >= 15 is 0 Å². The smallest absolute Gasteiger partial charge is 0.328 e. The van der Waals surface area contributed by atoms with Gasteiger partial charge in [0.25, 0.3) is 0 Å². The molecule has 2 aromatic rings. The van der Waals surface area contributed by atoms with Crippen molar-refractivity contribution >= 4 is 18.4 Å². The first-order valence-corrected chi connectivity index (χ1v) is 14.0. The van der Waals surface area contributed by atoms with Gasteiger partial charge in [0.15, 0.2) is 5.75 Å². The van der Waals surface area contributed by atoms with Gasteiger partial charge in [-0.3, -0.25) is 4.57 Å². The van der Waals surface area contributed by atoms with Gasteiger partial charge in [0.2, 0.25) is 0 Å². The summed E-state index contributed by atoms with van der Waals surface area (Å²) in [7, 11) is -3.25. The summed E-state index contributed by atoms with van der Waals surface area (Å²) in [6.45, 7) is 4.51. The molecule has 0 amide bonds. The van der Waals surface area contributed by atoms with Gasteiger partial charge in [-0.15, -0.1) is 0 Å². The van der Waals surface area contributed by atoms with Crippen molar-refractivity contribution in [1.82, 2.24) is 0 Å². The van der Waals surface area contributed by atoms with Gasteiger partial charge in [0.1, 0.15) is 0 Å². The Bertz CT molecular complexity index is 772. The molecule has 0 saturated heterocycles.